The molecule has 2 amide bonds. The molecule has 136 valence electrons. The van der Waals surface area contributed by atoms with E-state index in [2.05, 4.69) is 5.32 Å². The van der Waals surface area contributed by atoms with E-state index in [1.165, 1.54) is 0 Å². The van der Waals surface area contributed by atoms with Gasteiger partial charge in [0.1, 0.15) is 11.5 Å². The van der Waals surface area contributed by atoms with Gasteiger partial charge >= 0.3 is 0 Å². The first-order chi connectivity index (χ1) is 12.5. The van der Waals surface area contributed by atoms with E-state index in [-0.39, 0.29) is 18.2 Å². The number of nitrogens with one attached hydrogen (secondary N) is 1. The lowest BCUT2D eigenvalue weighted by atomic mass is 10.1. The first-order valence-electron chi connectivity index (χ1n) is 8.41. The highest BCUT2D eigenvalue weighted by Gasteiger charge is 2.35. The van der Waals surface area contributed by atoms with E-state index in [1.54, 1.807) is 31.3 Å². The fourth-order valence-corrected chi connectivity index (χ4v) is 3.05. The summed E-state index contributed by atoms with van der Waals surface area (Å²) in [5, 5.41) is 2.89. The molecular formula is C20H22N2O4. The molecule has 1 atom stereocenters. The maximum atomic E-state index is 12.7. The zero-order chi connectivity index (χ0) is 18.7. The Morgan fingerprint density at radius 2 is 1.85 bits per heavy atom. The molecule has 0 spiro atoms. The van der Waals surface area contributed by atoms with Crippen molar-refractivity contribution in [2.75, 3.05) is 31.0 Å². The van der Waals surface area contributed by atoms with Crippen LogP contribution in [0.4, 0.5) is 11.4 Å². The summed E-state index contributed by atoms with van der Waals surface area (Å²) in [5.41, 5.74) is 2.40. The third-order valence-corrected chi connectivity index (χ3v) is 4.49. The van der Waals surface area contributed by atoms with Gasteiger partial charge < -0.3 is 19.7 Å². The second-order valence-corrected chi connectivity index (χ2v) is 6.30. The molecular weight excluding hydrogens is 332 g/mol. The molecule has 0 saturated carbocycles. The number of hydrogen-bond donors (Lipinski definition) is 1. The number of carbonyl (C=O) groups is 2. The molecule has 1 N–H and O–H groups in total. The smallest absolute Gasteiger partial charge is 0.229 e. The number of rotatable bonds is 5. The highest BCUT2D eigenvalue weighted by molar-refractivity contribution is 6.04. The monoisotopic (exact) mass is 354 g/mol. The number of amides is 2. The highest BCUT2D eigenvalue weighted by Crippen LogP contribution is 2.30. The summed E-state index contributed by atoms with van der Waals surface area (Å²) < 4.78 is 10.4. The Hall–Kier alpha value is -3.02. The van der Waals surface area contributed by atoms with Gasteiger partial charge in [-0.25, -0.2) is 0 Å². The van der Waals surface area contributed by atoms with Crippen LogP contribution in [0, 0.1) is 12.8 Å². The molecule has 1 heterocycles. The number of ether oxygens (including phenoxy) is 2. The Kier molecular flexibility index (Phi) is 5.11. The van der Waals surface area contributed by atoms with E-state index >= 15 is 0 Å². The van der Waals surface area contributed by atoms with Gasteiger partial charge in [0.05, 0.1) is 25.8 Å². The summed E-state index contributed by atoms with van der Waals surface area (Å²) in [6.45, 7) is 2.30. The second kappa shape index (κ2) is 7.47. The van der Waals surface area contributed by atoms with Gasteiger partial charge in [0.2, 0.25) is 11.8 Å². The first-order valence-corrected chi connectivity index (χ1v) is 8.41. The molecule has 2 aromatic rings. The molecule has 26 heavy (non-hydrogen) atoms. The minimum Gasteiger partial charge on any atom is -0.497 e. The van der Waals surface area contributed by atoms with Crippen molar-refractivity contribution < 1.29 is 19.1 Å². The van der Waals surface area contributed by atoms with Crippen molar-refractivity contribution >= 4 is 23.2 Å². The number of anilines is 2. The van der Waals surface area contributed by atoms with Crippen molar-refractivity contribution in [3.63, 3.8) is 0 Å². The largest absolute Gasteiger partial charge is 0.497 e. The summed E-state index contributed by atoms with van der Waals surface area (Å²) in [7, 11) is 3.15. The highest BCUT2D eigenvalue weighted by atomic mass is 16.5. The maximum absolute atomic E-state index is 12.7. The van der Waals surface area contributed by atoms with Gasteiger partial charge in [0.15, 0.2) is 0 Å². The summed E-state index contributed by atoms with van der Waals surface area (Å²) in [6.07, 6.45) is 0.187. The number of hydrogen-bond acceptors (Lipinski definition) is 4. The third-order valence-electron chi connectivity index (χ3n) is 4.49. The molecule has 0 bridgehead atoms. The van der Waals surface area contributed by atoms with E-state index in [0.29, 0.717) is 18.0 Å². The molecule has 0 radical (unpaired) electrons. The minimum absolute atomic E-state index is 0.0634. The van der Waals surface area contributed by atoms with Crippen LogP contribution in [-0.2, 0) is 9.59 Å². The third kappa shape index (κ3) is 3.64. The van der Waals surface area contributed by atoms with Crippen LogP contribution in [0.3, 0.4) is 0 Å². The number of nitrogens with zero attached hydrogens (tertiary/aromatic N) is 1. The van der Waals surface area contributed by atoms with E-state index in [1.807, 2.05) is 37.3 Å². The Balaban J connectivity index is 1.71. The van der Waals surface area contributed by atoms with Crippen LogP contribution in [0.5, 0.6) is 11.5 Å². The molecule has 1 fully saturated rings. The van der Waals surface area contributed by atoms with Crippen LogP contribution in [0.2, 0.25) is 0 Å². The average Bonchev–Trinajstić information content (AvgIpc) is 3.04. The van der Waals surface area contributed by atoms with Gasteiger partial charge in [-0.05, 0) is 48.9 Å². The molecule has 0 aliphatic carbocycles. The lowest BCUT2D eigenvalue weighted by Crippen LogP contribution is -2.28. The molecule has 2 aromatic carbocycles. The molecule has 1 aliphatic heterocycles. The average molecular weight is 354 g/mol. The Morgan fingerprint density at radius 3 is 2.50 bits per heavy atom. The maximum Gasteiger partial charge on any atom is 0.229 e. The SMILES string of the molecule is COc1ccc(N2CC(C(=O)Nc3cc(C)ccc3OC)CC2=O)cc1. The number of aryl methyl sites for hydroxylation is 1. The minimum atomic E-state index is -0.408. The van der Waals surface area contributed by atoms with Crippen LogP contribution in [0.1, 0.15) is 12.0 Å². The molecule has 1 aliphatic rings. The fourth-order valence-electron chi connectivity index (χ4n) is 3.05. The van der Waals surface area contributed by atoms with Crippen molar-refractivity contribution in [2.24, 2.45) is 5.92 Å². The van der Waals surface area contributed by atoms with Crippen molar-refractivity contribution in [1.82, 2.24) is 0 Å². The van der Waals surface area contributed by atoms with Gasteiger partial charge in [-0.2, -0.15) is 0 Å². The van der Waals surface area contributed by atoms with E-state index in [0.717, 1.165) is 17.0 Å². The fraction of sp³-hybridized carbons (Fsp3) is 0.300. The number of benzene rings is 2. The molecule has 0 aromatic heterocycles. The van der Waals surface area contributed by atoms with Gasteiger partial charge in [-0.1, -0.05) is 6.07 Å². The summed E-state index contributed by atoms with van der Waals surface area (Å²) in [5.74, 6) is 0.668. The standard InChI is InChI=1S/C20H22N2O4/c1-13-4-9-18(26-3)17(10-13)21-20(24)14-11-19(23)22(12-14)15-5-7-16(25-2)8-6-15/h4-10,14H,11-12H2,1-3H3,(H,21,24). The molecule has 1 unspecified atom stereocenters. The van der Waals surface area contributed by atoms with Gasteiger partial charge in [-0.15, -0.1) is 0 Å². The van der Waals surface area contributed by atoms with Crippen LogP contribution >= 0.6 is 0 Å². The lowest BCUT2D eigenvalue weighted by Gasteiger charge is -2.17. The molecule has 6 nitrogen and oxygen atoms in total. The predicted molar refractivity (Wildman–Crippen MR) is 99.8 cm³/mol. The molecule has 6 heteroatoms. The van der Waals surface area contributed by atoms with Crippen LogP contribution in [-0.4, -0.2) is 32.6 Å². The number of methoxy groups -OCH3 is 2. The predicted octanol–water partition coefficient (Wildman–Crippen LogP) is 3.00. The summed E-state index contributed by atoms with van der Waals surface area (Å²) in [4.78, 5) is 26.7. The molecule has 3 rings (SSSR count). The zero-order valence-electron chi connectivity index (χ0n) is 15.1. The topological polar surface area (TPSA) is 67.9 Å². The normalized spacial score (nSPS) is 16.5. The van der Waals surface area contributed by atoms with Crippen molar-refractivity contribution in [2.45, 2.75) is 13.3 Å². The van der Waals surface area contributed by atoms with Gasteiger partial charge in [0.25, 0.3) is 0 Å². The van der Waals surface area contributed by atoms with Crippen molar-refractivity contribution in [1.29, 1.82) is 0 Å². The quantitative estimate of drug-likeness (QED) is 0.896. The van der Waals surface area contributed by atoms with Crippen LogP contribution in [0.25, 0.3) is 0 Å². The van der Waals surface area contributed by atoms with E-state index in [4.69, 9.17) is 9.47 Å². The Labute approximate surface area is 152 Å². The van der Waals surface area contributed by atoms with Crippen LogP contribution in [0.15, 0.2) is 42.5 Å². The van der Waals surface area contributed by atoms with Crippen molar-refractivity contribution in [3.05, 3.63) is 48.0 Å². The Morgan fingerprint density at radius 1 is 1.12 bits per heavy atom. The Bertz CT molecular complexity index is 817. The lowest BCUT2D eigenvalue weighted by molar-refractivity contribution is -0.122. The first kappa shape index (κ1) is 17.8. The molecule has 1 saturated heterocycles. The number of carbonyl (C=O) groups excluding carboxylic acids is 2. The van der Waals surface area contributed by atoms with Crippen molar-refractivity contribution in [3.8, 4) is 11.5 Å². The van der Waals surface area contributed by atoms with E-state index in [9.17, 15) is 9.59 Å². The summed E-state index contributed by atoms with van der Waals surface area (Å²) >= 11 is 0. The second-order valence-electron chi connectivity index (χ2n) is 6.30. The van der Waals surface area contributed by atoms with Gasteiger partial charge in [0, 0.05) is 18.7 Å². The zero-order valence-corrected chi connectivity index (χ0v) is 15.1. The van der Waals surface area contributed by atoms with Gasteiger partial charge in [-0.3, -0.25) is 9.59 Å². The van der Waals surface area contributed by atoms with E-state index < -0.39 is 5.92 Å². The van der Waals surface area contributed by atoms with Crippen LogP contribution < -0.4 is 19.7 Å². The summed E-state index contributed by atoms with van der Waals surface area (Å²) in [6, 6.07) is 12.8.